The predicted octanol–water partition coefficient (Wildman–Crippen LogP) is 0.893. The van der Waals surface area contributed by atoms with Gasteiger partial charge >= 0.3 is 0 Å². The van der Waals surface area contributed by atoms with Crippen LogP contribution in [0.3, 0.4) is 0 Å². The second-order valence-electron chi connectivity index (χ2n) is 1.95. The van der Waals surface area contributed by atoms with Crippen LogP contribution in [0.15, 0.2) is 25.3 Å². The van der Waals surface area contributed by atoms with Gasteiger partial charge in [-0.05, 0) is 12.2 Å². The third-order valence-electron chi connectivity index (χ3n) is 1.26. The highest BCUT2D eigenvalue weighted by atomic mass is 16.5. The molecule has 0 saturated heterocycles. The van der Waals surface area contributed by atoms with Crippen molar-refractivity contribution in [1.29, 1.82) is 0 Å². The molecule has 3 nitrogen and oxygen atoms in total. The average molecular weight is 157 g/mol. The molecule has 0 bridgehead atoms. The smallest absolute Gasteiger partial charge is 0.128 e. The van der Waals surface area contributed by atoms with Crippen LogP contribution in [0.1, 0.15) is 0 Å². The Morgan fingerprint density at radius 2 is 1.45 bits per heavy atom. The molecule has 2 atom stereocenters. The highest BCUT2D eigenvalue weighted by Crippen LogP contribution is 1.91. The molecule has 1 N–H and O–H groups in total. The monoisotopic (exact) mass is 157 g/mol. The number of nitrogens with one attached hydrogen (secondary N) is 1. The first-order chi connectivity index (χ1) is 5.28. The van der Waals surface area contributed by atoms with Crippen LogP contribution in [0.5, 0.6) is 0 Å². The summed E-state index contributed by atoms with van der Waals surface area (Å²) < 4.78 is 9.95. The first-order valence-electron chi connectivity index (χ1n) is 3.35. The van der Waals surface area contributed by atoms with Crippen molar-refractivity contribution in [2.24, 2.45) is 0 Å². The third kappa shape index (κ3) is 3.93. The lowest BCUT2D eigenvalue weighted by Gasteiger charge is -2.18. The Morgan fingerprint density at radius 3 is 1.64 bits per heavy atom. The van der Waals surface area contributed by atoms with Crippen LogP contribution in [-0.2, 0) is 9.47 Å². The normalized spacial score (nSPS) is 15.5. The molecule has 64 valence electrons. The summed E-state index contributed by atoms with van der Waals surface area (Å²) in [7, 11) is 3.18. The molecule has 11 heavy (non-hydrogen) atoms. The summed E-state index contributed by atoms with van der Waals surface area (Å²) in [5.41, 5.74) is 0. The van der Waals surface area contributed by atoms with Crippen LogP contribution in [-0.4, -0.2) is 26.7 Å². The number of methoxy groups -OCH3 is 2. The van der Waals surface area contributed by atoms with Crippen molar-refractivity contribution in [3.8, 4) is 0 Å². The van der Waals surface area contributed by atoms with Crippen LogP contribution >= 0.6 is 0 Å². The van der Waals surface area contributed by atoms with Gasteiger partial charge in [0.15, 0.2) is 0 Å². The number of hydrogen-bond donors (Lipinski definition) is 1. The number of hydrogen-bond acceptors (Lipinski definition) is 3. The molecule has 0 saturated carbocycles. The van der Waals surface area contributed by atoms with Crippen molar-refractivity contribution in [2.45, 2.75) is 12.5 Å². The molecule has 3 heteroatoms. The summed E-state index contributed by atoms with van der Waals surface area (Å²) in [6.45, 7) is 7.15. The van der Waals surface area contributed by atoms with E-state index in [0.29, 0.717) is 0 Å². The lowest BCUT2D eigenvalue weighted by atomic mass is 10.4. The first kappa shape index (κ1) is 10.4. The highest BCUT2D eigenvalue weighted by molar-refractivity contribution is 4.84. The van der Waals surface area contributed by atoms with Gasteiger partial charge in [0.2, 0.25) is 0 Å². The lowest BCUT2D eigenvalue weighted by Crippen LogP contribution is -2.37. The molecule has 0 radical (unpaired) electrons. The number of rotatable bonds is 6. The topological polar surface area (TPSA) is 30.5 Å². The van der Waals surface area contributed by atoms with Gasteiger partial charge in [0.1, 0.15) is 12.5 Å². The van der Waals surface area contributed by atoms with Crippen LogP contribution in [0.25, 0.3) is 0 Å². The van der Waals surface area contributed by atoms with Crippen molar-refractivity contribution in [1.82, 2.24) is 5.32 Å². The molecule has 0 aliphatic heterocycles. The zero-order valence-corrected chi connectivity index (χ0v) is 7.04. The Kier molecular flexibility index (Phi) is 5.74. The second-order valence-corrected chi connectivity index (χ2v) is 1.95. The molecule has 0 spiro atoms. The minimum absolute atomic E-state index is 0.196. The SMILES string of the molecule is C=CC(NC(C=C)OC)OC. The van der Waals surface area contributed by atoms with Crippen molar-refractivity contribution in [2.75, 3.05) is 14.2 Å². The van der Waals surface area contributed by atoms with E-state index in [2.05, 4.69) is 18.5 Å². The average Bonchev–Trinajstić information content (AvgIpc) is 2.07. The molecule has 0 aromatic heterocycles. The maximum absolute atomic E-state index is 4.98. The number of ether oxygens (including phenoxy) is 2. The van der Waals surface area contributed by atoms with Crippen LogP contribution in [0.4, 0.5) is 0 Å². The predicted molar refractivity (Wildman–Crippen MR) is 45.1 cm³/mol. The van der Waals surface area contributed by atoms with Crippen molar-refractivity contribution in [3.05, 3.63) is 25.3 Å². The van der Waals surface area contributed by atoms with Gasteiger partial charge in [-0.2, -0.15) is 0 Å². The highest BCUT2D eigenvalue weighted by Gasteiger charge is 2.06. The van der Waals surface area contributed by atoms with Gasteiger partial charge in [-0.25, -0.2) is 0 Å². The summed E-state index contributed by atoms with van der Waals surface area (Å²) in [4.78, 5) is 0. The maximum atomic E-state index is 4.98. The van der Waals surface area contributed by atoms with Gasteiger partial charge in [-0.3, -0.25) is 5.32 Å². The molecule has 0 aromatic rings. The zero-order valence-electron chi connectivity index (χ0n) is 7.04. The van der Waals surface area contributed by atoms with Crippen molar-refractivity contribution >= 4 is 0 Å². The summed E-state index contributed by atoms with van der Waals surface area (Å²) in [6.07, 6.45) is 2.90. The van der Waals surface area contributed by atoms with E-state index in [4.69, 9.17) is 9.47 Å². The fourth-order valence-corrected chi connectivity index (χ4v) is 0.627. The summed E-state index contributed by atoms with van der Waals surface area (Å²) >= 11 is 0. The van der Waals surface area contributed by atoms with Crippen molar-refractivity contribution < 1.29 is 9.47 Å². The van der Waals surface area contributed by atoms with Crippen LogP contribution in [0.2, 0.25) is 0 Å². The van der Waals surface area contributed by atoms with E-state index in [1.807, 2.05) is 0 Å². The minimum atomic E-state index is -0.196. The second kappa shape index (κ2) is 6.09. The van der Waals surface area contributed by atoms with E-state index >= 15 is 0 Å². The van der Waals surface area contributed by atoms with E-state index in [9.17, 15) is 0 Å². The molecule has 0 aromatic carbocycles. The van der Waals surface area contributed by atoms with E-state index in [1.54, 1.807) is 26.4 Å². The van der Waals surface area contributed by atoms with E-state index in [0.717, 1.165) is 0 Å². The van der Waals surface area contributed by atoms with Crippen molar-refractivity contribution in [3.63, 3.8) is 0 Å². The van der Waals surface area contributed by atoms with Gasteiger partial charge in [-0.1, -0.05) is 13.2 Å². The van der Waals surface area contributed by atoms with Gasteiger partial charge in [0.05, 0.1) is 0 Å². The molecule has 0 heterocycles. The Hall–Kier alpha value is -0.640. The minimum Gasteiger partial charge on any atom is -0.363 e. The van der Waals surface area contributed by atoms with Gasteiger partial charge < -0.3 is 9.47 Å². The Bertz CT molecular complexity index is 111. The van der Waals surface area contributed by atoms with Gasteiger partial charge in [-0.15, -0.1) is 0 Å². The van der Waals surface area contributed by atoms with E-state index < -0.39 is 0 Å². The summed E-state index contributed by atoms with van der Waals surface area (Å²) in [6, 6.07) is 0. The molecule has 0 aliphatic rings. The Balaban J connectivity index is 3.76. The Morgan fingerprint density at radius 1 is 1.09 bits per heavy atom. The fraction of sp³-hybridized carbons (Fsp3) is 0.500. The quantitative estimate of drug-likeness (QED) is 0.459. The largest absolute Gasteiger partial charge is 0.363 e. The van der Waals surface area contributed by atoms with E-state index in [1.165, 1.54) is 0 Å². The zero-order chi connectivity index (χ0) is 8.69. The fourth-order valence-electron chi connectivity index (χ4n) is 0.627. The summed E-state index contributed by atoms with van der Waals surface area (Å²) in [5, 5.41) is 2.97. The molecule has 0 fully saturated rings. The first-order valence-corrected chi connectivity index (χ1v) is 3.35. The molecule has 0 aliphatic carbocycles. The molecule has 0 amide bonds. The van der Waals surface area contributed by atoms with E-state index in [-0.39, 0.29) is 12.5 Å². The standard InChI is InChI=1S/C8H15NO2/c1-5-7(10-3)9-8(6-2)11-4/h5-9H,1-2H2,3-4H3. The third-order valence-corrected chi connectivity index (χ3v) is 1.26. The van der Waals surface area contributed by atoms with Gasteiger partial charge in [0.25, 0.3) is 0 Å². The molecular formula is C8H15NO2. The van der Waals surface area contributed by atoms with Crippen LogP contribution < -0.4 is 5.32 Å². The molecular weight excluding hydrogens is 142 g/mol. The molecule has 2 unspecified atom stereocenters. The lowest BCUT2D eigenvalue weighted by molar-refractivity contribution is 0.0346. The summed E-state index contributed by atoms with van der Waals surface area (Å²) in [5.74, 6) is 0. The van der Waals surface area contributed by atoms with Gasteiger partial charge in [0, 0.05) is 14.2 Å². The Labute approximate surface area is 67.7 Å². The van der Waals surface area contributed by atoms with Crippen LogP contribution in [0, 0.1) is 0 Å². The molecule has 0 rings (SSSR count). The maximum Gasteiger partial charge on any atom is 0.128 e.